The van der Waals surface area contributed by atoms with Gasteiger partial charge in [0.15, 0.2) is 0 Å². The summed E-state index contributed by atoms with van der Waals surface area (Å²) in [6, 6.07) is 40.4. The molecule has 0 spiro atoms. The van der Waals surface area contributed by atoms with Crippen LogP contribution >= 0.6 is 31.9 Å². The quantitative estimate of drug-likeness (QED) is 0.123. The molecule has 188 valence electrons. The molecule has 0 aliphatic carbocycles. The van der Waals surface area contributed by atoms with Crippen LogP contribution in [0.1, 0.15) is 0 Å². The molecule has 0 fully saturated rings. The van der Waals surface area contributed by atoms with Gasteiger partial charge in [0.2, 0.25) is 0 Å². The molecule has 38 heavy (non-hydrogen) atoms. The van der Waals surface area contributed by atoms with Gasteiger partial charge in [-0.3, -0.25) is 0 Å². The molecular formula is C34H30Br2HfSi. The Morgan fingerprint density at radius 3 is 1.29 bits per heavy atom. The zero-order valence-electron chi connectivity index (χ0n) is 22.1. The van der Waals surface area contributed by atoms with Crippen LogP contribution in [-0.4, -0.2) is 8.07 Å². The number of hydrogen-bond donors (Lipinski definition) is 0. The van der Waals surface area contributed by atoms with Crippen LogP contribution in [0.2, 0.25) is 13.1 Å². The standard InChI is InChI=1S/C32H24Br2Si.2CH3.Hf/c1-35(2,27-17-23-5-3-7-29(31(23)19-27)21-9-13-25(33)14-10-21)28-18-24-6-4-8-30(32(24)20-28)22-11-15-26(34)16-12-22;;;/h3-20H,1-2H3;2*1H3;/q-2;2*-1;+4. The third kappa shape index (κ3) is 5.56. The Morgan fingerprint density at radius 1 is 0.553 bits per heavy atom. The second-order valence-corrected chi connectivity index (χ2v) is 16.0. The number of rotatable bonds is 4. The van der Waals surface area contributed by atoms with Gasteiger partial charge in [-0.1, -0.05) is 92.5 Å². The molecule has 0 saturated carbocycles. The van der Waals surface area contributed by atoms with Gasteiger partial charge in [-0.15, -0.1) is 68.3 Å². The average molecular weight is 805 g/mol. The molecular weight excluding hydrogens is 775 g/mol. The van der Waals surface area contributed by atoms with Gasteiger partial charge in [-0.25, -0.2) is 0 Å². The first kappa shape index (κ1) is 30.7. The van der Waals surface area contributed by atoms with E-state index in [4.69, 9.17) is 0 Å². The summed E-state index contributed by atoms with van der Waals surface area (Å²) in [5, 5.41) is 8.31. The molecule has 0 aromatic heterocycles. The Hall–Kier alpha value is -1.85. The van der Waals surface area contributed by atoms with Crippen LogP contribution in [0, 0.1) is 14.9 Å². The summed E-state index contributed by atoms with van der Waals surface area (Å²) in [6.45, 7) is 4.96. The third-order valence-electron chi connectivity index (χ3n) is 7.26. The topological polar surface area (TPSA) is 0 Å². The monoisotopic (exact) mass is 804 g/mol. The van der Waals surface area contributed by atoms with Crippen molar-refractivity contribution in [1.29, 1.82) is 0 Å². The van der Waals surface area contributed by atoms with Crippen molar-refractivity contribution < 1.29 is 25.8 Å². The Labute approximate surface area is 263 Å². The van der Waals surface area contributed by atoms with Crippen LogP contribution < -0.4 is 10.4 Å². The van der Waals surface area contributed by atoms with E-state index in [1.54, 1.807) is 0 Å². The molecule has 0 amide bonds. The Bertz CT molecular complexity index is 1550. The van der Waals surface area contributed by atoms with Gasteiger partial charge in [0, 0.05) is 8.95 Å². The molecule has 0 aliphatic heterocycles. The Morgan fingerprint density at radius 2 is 0.921 bits per heavy atom. The van der Waals surface area contributed by atoms with Crippen molar-refractivity contribution in [3.05, 3.63) is 133 Å². The van der Waals surface area contributed by atoms with E-state index >= 15 is 0 Å². The summed E-state index contributed by atoms with van der Waals surface area (Å²) in [6.07, 6.45) is 0. The van der Waals surface area contributed by atoms with E-state index in [9.17, 15) is 0 Å². The van der Waals surface area contributed by atoms with Crippen molar-refractivity contribution >= 4 is 71.9 Å². The maximum atomic E-state index is 3.56. The van der Waals surface area contributed by atoms with Crippen molar-refractivity contribution in [3.8, 4) is 22.3 Å². The fourth-order valence-corrected chi connectivity index (χ4v) is 8.03. The first-order valence-corrected chi connectivity index (χ1v) is 16.4. The van der Waals surface area contributed by atoms with Crippen molar-refractivity contribution in [3.63, 3.8) is 0 Å². The second kappa shape index (κ2) is 12.1. The molecule has 6 aromatic rings. The van der Waals surface area contributed by atoms with Gasteiger partial charge in [-0.2, -0.15) is 12.1 Å². The SMILES string of the molecule is C[Si](C)(c1cc2c(-c3ccc(Br)cc3)cccc2[cH-]1)c1cc2c(-c3ccc(Br)cc3)cccc2[cH-]1.[CH3-].[CH3-].[Hf+4]. The average Bonchev–Trinajstić information content (AvgIpc) is 3.50. The second-order valence-electron chi connectivity index (χ2n) is 9.74. The summed E-state index contributed by atoms with van der Waals surface area (Å²) < 4.78 is 2.21. The fourth-order valence-electron chi connectivity index (χ4n) is 5.12. The first-order chi connectivity index (χ1) is 16.9. The molecule has 6 aromatic carbocycles. The minimum Gasteiger partial charge on any atom is -0.358 e. The molecule has 0 unspecified atom stereocenters. The van der Waals surface area contributed by atoms with Crippen molar-refractivity contribution in [1.82, 2.24) is 0 Å². The maximum Gasteiger partial charge on any atom is 4.00 e. The van der Waals surface area contributed by atoms with Crippen molar-refractivity contribution in [2.75, 3.05) is 0 Å². The zero-order valence-corrected chi connectivity index (χ0v) is 29.9. The predicted octanol–water partition coefficient (Wildman–Crippen LogP) is 10.0. The molecule has 0 saturated heterocycles. The molecule has 0 N–H and O–H groups in total. The van der Waals surface area contributed by atoms with E-state index in [-0.39, 0.29) is 40.7 Å². The van der Waals surface area contributed by atoms with Crippen molar-refractivity contribution in [2.24, 2.45) is 0 Å². The van der Waals surface area contributed by atoms with Gasteiger partial charge in [0.25, 0.3) is 0 Å². The van der Waals surface area contributed by atoms with E-state index in [0.717, 1.165) is 8.95 Å². The van der Waals surface area contributed by atoms with E-state index in [0.29, 0.717) is 0 Å². The van der Waals surface area contributed by atoms with Gasteiger partial charge in [0.05, 0.1) is 8.07 Å². The van der Waals surface area contributed by atoms with Crippen LogP contribution in [0.4, 0.5) is 0 Å². The predicted molar refractivity (Wildman–Crippen MR) is 175 cm³/mol. The molecule has 0 heterocycles. The third-order valence-corrected chi connectivity index (χ3v) is 11.8. The van der Waals surface area contributed by atoms with Gasteiger partial charge in [-0.05, 0) is 35.4 Å². The zero-order chi connectivity index (χ0) is 24.2. The van der Waals surface area contributed by atoms with E-state index < -0.39 is 8.07 Å². The fraction of sp³-hybridized carbons (Fsp3) is 0.0588. The molecule has 0 atom stereocenters. The first-order valence-electron chi connectivity index (χ1n) is 11.8. The Kier molecular flexibility index (Phi) is 9.79. The number of fused-ring (bicyclic) bond motifs is 2. The molecule has 0 bridgehead atoms. The maximum absolute atomic E-state index is 3.56. The van der Waals surface area contributed by atoms with Gasteiger partial charge in [0.1, 0.15) is 0 Å². The summed E-state index contributed by atoms with van der Waals surface area (Å²) >= 11 is 7.13. The summed E-state index contributed by atoms with van der Waals surface area (Å²) in [5.41, 5.74) is 5.12. The van der Waals surface area contributed by atoms with E-state index in [1.807, 2.05) is 0 Å². The Balaban J connectivity index is 0.00000133. The molecule has 0 radical (unpaired) electrons. The molecule has 6 rings (SSSR count). The van der Waals surface area contributed by atoms with Crippen LogP contribution in [0.3, 0.4) is 0 Å². The molecule has 4 heteroatoms. The van der Waals surface area contributed by atoms with Crippen LogP contribution in [0.25, 0.3) is 43.8 Å². The minimum absolute atomic E-state index is 0. The van der Waals surface area contributed by atoms with Gasteiger partial charge < -0.3 is 14.9 Å². The number of halogens is 2. The summed E-state index contributed by atoms with van der Waals surface area (Å²) in [5.74, 6) is 0. The largest absolute Gasteiger partial charge is 4.00 e. The van der Waals surface area contributed by atoms with E-state index in [1.165, 1.54) is 54.2 Å². The number of hydrogen-bond acceptors (Lipinski definition) is 0. The number of benzene rings is 4. The van der Waals surface area contributed by atoms with E-state index in [2.05, 4.69) is 154 Å². The summed E-state index contributed by atoms with van der Waals surface area (Å²) in [4.78, 5) is 0. The molecule has 0 aliphatic rings. The van der Waals surface area contributed by atoms with Crippen LogP contribution in [-0.2, 0) is 25.8 Å². The van der Waals surface area contributed by atoms with Crippen molar-refractivity contribution in [2.45, 2.75) is 13.1 Å². The normalized spacial score (nSPS) is 11.1. The minimum atomic E-state index is -1.90. The summed E-state index contributed by atoms with van der Waals surface area (Å²) in [7, 11) is -1.90. The molecule has 0 nitrogen and oxygen atoms in total. The van der Waals surface area contributed by atoms with Gasteiger partial charge >= 0.3 is 25.8 Å². The van der Waals surface area contributed by atoms with Crippen LogP contribution in [0.5, 0.6) is 0 Å². The smallest absolute Gasteiger partial charge is 0.358 e. The van der Waals surface area contributed by atoms with Crippen LogP contribution in [0.15, 0.2) is 118 Å².